The van der Waals surface area contributed by atoms with Gasteiger partial charge in [-0.1, -0.05) is 41.7 Å². The Morgan fingerprint density at radius 3 is 2.78 bits per heavy atom. The number of hydrogen-bond donors (Lipinski definition) is 0. The minimum Gasteiger partial charge on any atom is -0.486 e. The van der Waals surface area contributed by atoms with Gasteiger partial charge in [0.25, 0.3) is 0 Å². The predicted octanol–water partition coefficient (Wildman–Crippen LogP) is 3.58. The smallest absolute Gasteiger partial charge is 0.186 e. The number of benzene rings is 2. The van der Waals surface area contributed by atoms with Crippen LogP contribution in [-0.2, 0) is 4.74 Å². The van der Waals surface area contributed by atoms with Crippen LogP contribution < -0.4 is 9.64 Å². The summed E-state index contributed by atoms with van der Waals surface area (Å²) in [6.45, 7) is 2.93. The van der Waals surface area contributed by atoms with Crippen LogP contribution in [-0.4, -0.2) is 37.4 Å². The van der Waals surface area contributed by atoms with Crippen molar-refractivity contribution in [2.24, 2.45) is 0 Å². The van der Waals surface area contributed by atoms with E-state index in [1.807, 2.05) is 36.4 Å². The van der Waals surface area contributed by atoms with E-state index < -0.39 is 0 Å². The predicted molar refractivity (Wildman–Crippen MR) is 93.5 cm³/mol. The van der Waals surface area contributed by atoms with Gasteiger partial charge in [0.15, 0.2) is 5.13 Å². The number of thiazole rings is 1. The van der Waals surface area contributed by atoms with Crippen LogP contribution in [0.1, 0.15) is 0 Å². The zero-order valence-corrected chi connectivity index (χ0v) is 13.5. The van der Waals surface area contributed by atoms with E-state index >= 15 is 0 Å². The van der Waals surface area contributed by atoms with E-state index in [0.29, 0.717) is 13.2 Å². The lowest BCUT2D eigenvalue weighted by Gasteiger charge is -2.23. The van der Waals surface area contributed by atoms with Crippen molar-refractivity contribution in [2.75, 3.05) is 31.2 Å². The summed E-state index contributed by atoms with van der Waals surface area (Å²) in [5, 5.41) is 1.04. The molecule has 0 N–H and O–H groups in total. The van der Waals surface area contributed by atoms with Gasteiger partial charge < -0.3 is 14.4 Å². The summed E-state index contributed by atoms with van der Waals surface area (Å²) in [6.07, 6.45) is 0.00640. The molecule has 0 spiro atoms. The molecule has 1 saturated heterocycles. The SMILES string of the molecule is c1ccc(O[C@H]2COCCN(c3nc4ccccc4s3)C2)cc1. The van der Waals surface area contributed by atoms with Crippen LogP contribution in [0.15, 0.2) is 54.6 Å². The normalized spacial score (nSPS) is 18.8. The van der Waals surface area contributed by atoms with Crippen molar-refractivity contribution in [3.05, 3.63) is 54.6 Å². The van der Waals surface area contributed by atoms with Gasteiger partial charge in [0, 0.05) is 6.54 Å². The molecule has 1 aliphatic rings. The number of aromatic nitrogens is 1. The molecule has 0 unspecified atom stereocenters. The Morgan fingerprint density at radius 2 is 1.91 bits per heavy atom. The van der Waals surface area contributed by atoms with Crippen molar-refractivity contribution in [3.8, 4) is 5.75 Å². The van der Waals surface area contributed by atoms with Crippen molar-refractivity contribution in [1.82, 2.24) is 4.98 Å². The van der Waals surface area contributed by atoms with Gasteiger partial charge in [-0.15, -0.1) is 0 Å². The van der Waals surface area contributed by atoms with Gasteiger partial charge in [0.05, 0.1) is 30.0 Å². The monoisotopic (exact) mass is 326 g/mol. The first kappa shape index (κ1) is 14.5. The first-order valence-electron chi connectivity index (χ1n) is 7.78. The van der Waals surface area contributed by atoms with Crippen LogP contribution in [0.4, 0.5) is 5.13 Å². The van der Waals surface area contributed by atoms with Crippen LogP contribution in [0.5, 0.6) is 5.75 Å². The molecule has 2 heterocycles. The molecule has 4 rings (SSSR count). The lowest BCUT2D eigenvalue weighted by atomic mass is 10.3. The molecular weight excluding hydrogens is 308 g/mol. The average molecular weight is 326 g/mol. The standard InChI is InChI=1S/C18H18N2O2S/c1-2-6-14(7-3-1)22-15-12-20(10-11-21-13-15)18-19-16-8-4-5-9-17(16)23-18/h1-9,15H,10-13H2/t15-/m1/s1. The molecule has 1 aromatic heterocycles. The van der Waals surface area contributed by atoms with Gasteiger partial charge in [0.1, 0.15) is 11.9 Å². The van der Waals surface area contributed by atoms with Gasteiger partial charge >= 0.3 is 0 Å². The third-order valence-corrected chi connectivity index (χ3v) is 4.93. The van der Waals surface area contributed by atoms with E-state index in [2.05, 4.69) is 23.1 Å². The summed E-state index contributed by atoms with van der Waals surface area (Å²) in [5.41, 5.74) is 1.05. The largest absolute Gasteiger partial charge is 0.486 e. The molecule has 2 aromatic carbocycles. The van der Waals surface area contributed by atoms with Gasteiger partial charge in [-0.05, 0) is 24.3 Å². The Morgan fingerprint density at radius 1 is 1.09 bits per heavy atom. The Hall–Kier alpha value is -2.11. The van der Waals surface area contributed by atoms with Crippen molar-refractivity contribution in [3.63, 3.8) is 0 Å². The fourth-order valence-corrected chi connectivity index (χ4v) is 3.71. The Labute approximate surface area is 139 Å². The fraction of sp³-hybridized carbons (Fsp3) is 0.278. The highest BCUT2D eigenvalue weighted by Crippen LogP contribution is 2.29. The molecule has 3 aromatic rings. The third-order valence-electron chi connectivity index (χ3n) is 3.83. The first-order valence-corrected chi connectivity index (χ1v) is 8.60. The maximum atomic E-state index is 6.07. The lowest BCUT2D eigenvalue weighted by molar-refractivity contribution is 0.0730. The lowest BCUT2D eigenvalue weighted by Crippen LogP contribution is -2.36. The second kappa shape index (κ2) is 6.56. The summed E-state index contributed by atoms with van der Waals surface area (Å²) in [7, 11) is 0. The van der Waals surface area contributed by atoms with E-state index in [0.717, 1.165) is 29.5 Å². The molecule has 0 aliphatic carbocycles. The van der Waals surface area contributed by atoms with Crippen molar-refractivity contribution < 1.29 is 9.47 Å². The van der Waals surface area contributed by atoms with E-state index in [4.69, 9.17) is 14.5 Å². The van der Waals surface area contributed by atoms with Crippen LogP contribution in [0.3, 0.4) is 0 Å². The zero-order chi connectivity index (χ0) is 15.5. The summed E-state index contributed by atoms with van der Waals surface area (Å²) in [5.74, 6) is 0.882. The van der Waals surface area contributed by atoms with Crippen LogP contribution in [0.25, 0.3) is 10.2 Å². The Balaban J connectivity index is 1.53. The zero-order valence-electron chi connectivity index (χ0n) is 12.7. The highest BCUT2D eigenvalue weighted by Gasteiger charge is 2.22. The number of nitrogens with zero attached hydrogens (tertiary/aromatic N) is 2. The number of ether oxygens (including phenoxy) is 2. The van der Waals surface area contributed by atoms with Crippen molar-refractivity contribution in [1.29, 1.82) is 0 Å². The van der Waals surface area contributed by atoms with Crippen LogP contribution >= 0.6 is 11.3 Å². The maximum Gasteiger partial charge on any atom is 0.186 e. The first-order chi connectivity index (χ1) is 11.4. The van der Waals surface area contributed by atoms with Gasteiger partial charge in [-0.2, -0.15) is 0 Å². The molecular formula is C18H18N2O2S. The quantitative estimate of drug-likeness (QED) is 0.737. The summed E-state index contributed by atoms with van der Waals surface area (Å²) in [4.78, 5) is 7.02. The number of rotatable bonds is 3. The molecule has 4 nitrogen and oxygen atoms in total. The summed E-state index contributed by atoms with van der Waals surface area (Å²) >= 11 is 1.73. The van der Waals surface area contributed by atoms with E-state index in [9.17, 15) is 0 Å². The second-order valence-corrected chi connectivity index (χ2v) is 6.55. The second-order valence-electron chi connectivity index (χ2n) is 5.54. The molecule has 118 valence electrons. The van der Waals surface area contributed by atoms with Crippen LogP contribution in [0.2, 0.25) is 0 Å². The molecule has 23 heavy (non-hydrogen) atoms. The van der Waals surface area contributed by atoms with Crippen molar-refractivity contribution in [2.45, 2.75) is 6.10 Å². The summed E-state index contributed by atoms with van der Waals surface area (Å²) in [6, 6.07) is 18.2. The molecule has 0 radical (unpaired) electrons. The minimum absolute atomic E-state index is 0.00640. The number of para-hydroxylation sites is 2. The van der Waals surface area contributed by atoms with Crippen LogP contribution in [0, 0.1) is 0 Å². The highest BCUT2D eigenvalue weighted by molar-refractivity contribution is 7.22. The van der Waals surface area contributed by atoms with Gasteiger partial charge in [0.2, 0.25) is 0 Å². The third kappa shape index (κ3) is 3.30. The minimum atomic E-state index is 0.00640. The molecule has 1 fully saturated rings. The van der Waals surface area contributed by atoms with Gasteiger partial charge in [-0.3, -0.25) is 0 Å². The fourth-order valence-electron chi connectivity index (χ4n) is 2.71. The maximum absolute atomic E-state index is 6.07. The number of fused-ring (bicyclic) bond motifs is 1. The average Bonchev–Trinajstić information content (AvgIpc) is 2.89. The molecule has 0 bridgehead atoms. The van der Waals surface area contributed by atoms with E-state index in [-0.39, 0.29) is 6.10 Å². The molecule has 5 heteroatoms. The Bertz CT molecular complexity index is 742. The summed E-state index contributed by atoms with van der Waals surface area (Å²) < 4.78 is 13.0. The number of anilines is 1. The molecule has 0 amide bonds. The molecule has 1 aliphatic heterocycles. The number of hydrogen-bond acceptors (Lipinski definition) is 5. The van der Waals surface area contributed by atoms with Crippen molar-refractivity contribution >= 4 is 26.7 Å². The van der Waals surface area contributed by atoms with Gasteiger partial charge in [-0.25, -0.2) is 4.98 Å². The van der Waals surface area contributed by atoms with E-state index in [1.165, 1.54) is 4.70 Å². The molecule has 0 saturated carbocycles. The highest BCUT2D eigenvalue weighted by atomic mass is 32.1. The molecule has 1 atom stereocenters. The van der Waals surface area contributed by atoms with E-state index in [1.54, 1.807) is 11.3 Å². The topological polar surface area (TPSA) is 34.6 Å². The Kier molecular flexibility index (Phi) is 4.13.